The van der Waals surface area contributed by atoms with Crippen molar-refractivity contribution in [2.45, 2.75) is 17.7 Å². The van der Waals surface area contributed by atoms with Gasteiger partial charge in [-0.05, 0) is 43.2 Å². The minimum Gasteiger partial charge on any atom is -0.477 e. The molecule has 0 aliphatic carbocycles. The molecule has 2 aromatic rings. The molecular formula is C18H18BrN3O6S. The highest BCUT2D eigenvalue weighted by Crippen LogP contribution is 2.31. The highest BCUT2D eigenvalue weighted by Gasteiger charge is 2.30. The fourth-order valence-corrected chi connectivity index (χ4v) is 4.84. The Labute approximate surface area is 176 Å². The van der Waals surface area contributed by atoms with Crippen molar-refractivity contribution in [2.75, 3.05) is 25.0 Å². The molecule has 0 bridgehead atoms. The normalized spacial score (nSPS) is 14.5. The van der Waals surface area contributed by atoms with Crippen LogP contribution < -0.4 is 10.1 Å². The number of rotatable bonds is 7. The minimum absolute atomic E-state index is 0.169. The maximum absolute atomic E-state index is 12.6. The van der Waals surface area contributed by atoms with Crippen LogP contribution in [0.3, 0.4) is 0 Å². The molecule has 29 heavy (non-hydrogen) atoms. The van der Waals surface area contributed by atoms with Gasteiger partial charge in [0.25, 0.3) is 5.91 Å². The van der Waals surface area contributed by atoms with Crippen LogP contribution in [0.25, 0.3) is 0 Å². The van der Waals surface area contributed by atoms with E-state index in [0.717, 1.165) is 23.4 Å². The van der Waals surface area contributed by atoms with Crippen LogP contribution in [-0.4, -0.2) is 43.2 Å². The van der Waals surface area contributed by atoms with Crippen molar-refractivity contribution in [1.29, 1.82) is 0 Å². The van der Waals surface area contributed by atoms with Gasteiger partial charge >= 0.3 is 5.69 Å². The Morgan fingerprint density at radius 3 is 2.59 bits per heavy atom. The number of carbonyl (C=O) groups excluding carboxylic acids is 1. The van der Waals surface area contributed by atoms with Gasteiger partial charge in [-0.15, -0.1) is 0 Å². The standard InChI is InChI=1S/C18H18BrN3O6S/c19-13-4-3-5-14(10-13)20-18(23)12-28-17-7-6-15(11-16(17)22(24)25)29(26,27)21-8-1-2-9-21/h3-7,10-11H,1-2,8-9,12H2,(H,20,23). The smallest absolute Gasteiger partial charge is 0.312 e. The number of nitro benzene ring substituents is 1. The maximum Gasteiger partial charge on any atom is 0.312 e. The van der Waals surface area contributed by atoms with Gasteiger partial charge in [-0.3, -0.25) is 14.9 Å². The molecular weight excluding hydrogens is 466 g/mol. The van der Waals surface area contributed by atoms with E-state index in [-0.39, 0.29) is 10.6 Å². The largest absolute Gasteiger partial charge is 0.477 e. The molecule has 9 nitrogen and oxygen atoms in total. The number of ether oxygens (including phenoxy) is 1. The predicted octanol–water partition coefficient (Wildman–Crippen LogP) is 3.16. The van der Waals surface area contributed by atoms with Gasteiger partial charge in [-0.25, -0.2) is 8.42 Å². The number of benzene rings is 2. The highest BCUT2D eigenvalue weighted by atomic mass is 79.9. The summed E-state index contributed by atoms with van der Waals surface area (Å²) in [6.07, 6.45) is 1.52. The summed E-state index contributed by atoms with van der Waals surface area (Å²) in [6, 6.07) is 10.3. The van der Waals surface area contributed by atoms with Gasteiger partial charge in [0, 0.05) is 29.3 Å². The van der Waals surface area contributed by atoms with Crippen molar-refractivity contribution >= 4 is 43.2 Å². The van der Waals surface area contributed by atoms with Crippen LogP contribution in [0, 0.1) is 10.1 Å². The van der Waals surface area contributed by atoms with Crippen molar-refractivity contribution in [1.82, 2.24) is 4.31 Å². The summed E-state index contributed by atoms with van der Waals surface area (Å²) < 4.78 is 32.6. The lowest BCUT2D eigenvalue weighted by molar-refractivity contribution is -0.386. The van der Waals surface area contributed by atoms with Crippen molar-refractivity contribution < 1.29 is 22.9 Å². The van der Waals surface area contributed by atoms with Crippen LogP contribution in [0.5, 0.6) is 5.75 Å². The number of nitrogens with zero attached hydrogens (tertiary/aromatic N) is 2. The molecule has 11 heteroatoms. The molecule has 3 rings (SSSR count). The van der Waals surface area contributed by atoms with Crippen LogP contribution >= 0.6 is 15.9 Å². The topological polar surface area (TPSA) is 119 Å². The van der Waals surface area contributed by atoms with Gasteiger partial charge in [-0.1, -0.05) is 22.0 Å². The van der Waals surface area contributed by atoms with Gasteiger partial charge in [-0.2, -0.15) is 4.31 Å². The third-order valence-corrected chi connectivity index (χ3v) is 6.68. The number of halogens is 1. The molecule has 0 spiro atoms. The molecule has 1 heterocycles. The Hall–Kier alpha value is -2.50. The van der Waals surface area contributed by atoms with E-state index >= 15 is 0 Å². The molecule has 0 radical (unpaired) electrons. The van der Waals surface area contributed by atoms with Gasteiger partial charge in [0.2, 0.25) is 10.0 Å². The first kappa shape index (κ1) is 21.2. The average molecular weight is 484 g/mol. The summed E-state index contributed by atoms with van der Waals surface area (Å²) in [5.74, 6) is -0.689. The summed E-state index contributed by atoms with van der Waals surface area (Å²) in [5.41, 5.74) is 0.0232. The van der Waals surface area contributed by atoms with E-state index in [4.69, 9.17) is 4.74 Å². The zero-order chi connectivity index (χ0) is 21.0. The van der Waals surface area contributed by atoms with Gasteiger partial charge in [0.05, 0.1) is 9.82 Å². The first-order valence-corrected chi connectivity index (χ1v) is 11.0. The third kappa shape index (κ3) is 5.11. The van der Waals surface area contributed by atoms with Crippen molar-refractivity contribution in [3.8, 4) is 5.75 Å². The van der Waals surface area contributed by atoms with E-state index in [0.29, 0.717) is 18.8 Å². The molecule has 0 saturated carbocycles. The molecule has 0 unspecified atom stereocenters. The van der Waals surface area contributed by atoms with Crippen LogP contribution in [0.1, 0.15) is 12.8 Å². The van der Waals surface area contributed by atoms with Gasteiger partial charge in [0.1, 0.15) is 0 Å². The molecule has 2 aromatic carbocycles. The fraction of sp³-hybridized carbons (Fsp3) is 0.278. The van der Waals surface area contributed by atoms with E-state index in [9.17, 15) is 23.3 Å². The first-order chi connectivity index (χ1) is 13.8. The fourth-order valence-electron chi connectivity index (χ4n) is 2.91. The number of amides is 1. The van der Waals surface area contributed by atoms with E-state index in [2.05, 4.69) is 21.2 Å². The lowest BCUT2D eigenvalue weighted by Gasteiger charge is -2.16. The Morgan fingerprint density at radius 2 is 1.93 bits per heavy atom. The molecule has 1 aliphatic rings. The monoisotopic (exact) mass is 483 g/mol. The number of sulfonamides is 1. The third-order valence-electron chi connectivity index (χ3n) is 4.30. The van der Waals surface area contributed by atoms with Crippen LogP contribution in [0.4, 0.5) is 11.4 Å². The predicted molar refractivity (Wildman–Crippen MR) is 109 cm³/mol. The van der Waals surface area contributed by atoms with E-state index in [1.165, 1.54) is 16.4 Å². The summed E-state index contributed by atoms with van der Waals surface area (Å²) in [4.78, 5) is 22.6. The van der Waals surface area contributed by atoms with Crippen molar-refractivity contribution in [2.24, 2.45) is 0 Å². The molecule has 1 fully saturated rings. The lowest BCUT2D eigenvalue weighted by Crippen LogP contribution is -2.28. The zero-order valence-corrected chi connectivity index (χ0v) is 17.6. The SMILES string of the molecule is O=C(COc1ccc(S(=O)(=O)N2CCCC2)cc1[N+](=O)[O-])Nc1cccc(Br)c1. The molecule has 1 N–H and O–H groups in total. The lowest BCUT2D eigenvalue weighted by atomic mass is 10.3. The molecule has 1 saturated heterocycles. The second kappa shape index (κ2) is 8.89. The number of nitro groups is 1. The average Bonchev–Trinajstić information content (AvgIpc) is 3.22. The van der Waals surface area contributed by atoms with Crippen LogP contribution in [-0.2, 0) is 14.8 Å². The van der Waals surface area contributed by atoms with Gasteiger partial charge in [0.15, 0.2) is 12.4 Å². The van der Waals surface area contributed by atoms with Crippen molar-refractivity contribution in [3.63, 3.8) is 0 Å². The Morgan fingerprint density at radius 1 is 1.21 bits per heavy atom. The van der Waals surface area contributed by atoms with Crippen molar-refractivity contribution in [3.05, 3.63) is 57.1 Å². The van der Waals surface area contributed by atoms with E-state index < -0.39 is 33.1 Å². The molecule has 154 valence electrons. The van der Waals surface area contributed by atoms with E-state index in [1.807, 2.05) is 0 Å². The Kier molecular flexibility index (Phi) is 6.50. The molecule has 0 aromatic heterocycles. The summed E-state index contributed by atoms with van der Waals surface area (Å²) in [6.45, 7) is 0.319. The quantitative estimate of drug-likeness (QED) is 0.477. The Bertz CT molecular complexity index is 1040. The molecule has 1 aliphatic heterocycles. The number of hydrogen-bond acceptors (Lipinski definition) is 6. The number of nitrogens with one attached hydrogen (secondary N) is 1. The van der Waals surface area contributed by atoms with Crippen LogP contribution in [0.15, 0.2) is 51.8 Å². The van der Waals surface area contributed by atoms with Crippen LogP contribution in [0.2, 0.25) is 0 Å². The maximum atomic E-state index is 12.6. The molecule has 0 atom stereocenters. The minimum atomic E-state index is -3.80. The Balaban J connectivity index is 1.74. The summed E-state index contributed by atoms with van der Waals surface area (Å²) >= 11 is 3.29. The van der Waals surface area contributed by atoms with E-state index in [1.54, 1.807) is 24.3 Å². The first-order valence-electron chi connectivity index (χ1n) is 8.74. The second-order valence-electron chi connectivity index (χ2n) is 6.35. The second-order valence-corrected chi connectivity index (χ2v) is 9.20. The number of anilines is 1. The van der Waals surface area contributed by atoms with Gasteiger partial charge < -0.3 is 10.1 Å². The summed E-state index contributed by atoms with van der Waals surface area (Å²) in [5, 5.41) is 14.0. The summed E-state index contributed by atoms with van der Waals surface area (Å²) in [7, 11) is -3.80. The zero-order valence-electron chi connectivity index (χ0n) is 15.2. The number of carbonyl (C=O) groups is 1. The number of hydrogen-bond donors (Lipinski definition) is 1. The molecule has 1 amide bonds. The highest BCUT2D eigenvalue weighted by molar-refractivity contribution is 9.10.